The lowest BCUT2D eigenvalue weighted by atomic mass is 10.0. The highest BCUT2D eigenvalue weighted by atomic mass is 35.5. The van der Waals surface area contributed by atoms with E-state index in [-0.39, 0.29) is 29.8 Å². The summed E-state index contributed by atoms with van der Waals surface area (Å²) in [6.45, 7) is 4.76. The first-order valence-corrected chi connectivity index (χ1v) is 11.2. The number of ether oxygens (including phenoxy) is 2. The van der Waals surface area contributed by atoms with Gasteiger partial charge < -0.3 is 25.4 Å². The van der Waals surface area contributed by atoms with Crippen molar-refractivity contribution in [3.05, 3.63) is 59.7 Å². The number of rotatable bonds is 6. The van der Waals surface area contributed by atoms with E-state index in [0.717, 1.165) is 26.8 Å². The summed E-state index contributed by atoms with van der Waals surface area (Å²) in [5.74, 6) is 0. The number of hydrogen-bond donors (Lipinski definition) is 5. The fourth-order valence-corrected chi connectivity index (χ4v) is 2.94. The van der Waals surface area contributed by atoms with Gasteiger partial charge in [-0.1, -0.05) is 37.3 Å². The van der Waals surface area contributed by atoms with Gasteiger partial charge >= 0.3 is 30.4 Å². The Hall–Kier alpha value is -4.04. The molecular weight excluding hydrogens is 547 g/mol. The largest absolute Gasteiger partial charge is 0.453 e. The molecule has 2 aromatic rings. The Balaban J connectivity index is 0.000000756. The molecule has 0 aromatic heterocycles. The molecule has 11 nitrogen and oxygen atoms in total. The summed E-state index contributed by atoms with van der Waals surface area (Å²) in [4.78, 5) is 44.8. The molecule has 39 heavy (non-hydrogen) atoms. The number of halogens is 4. The third-order valence-electron chi connectivity index (χ3n) is 4.57. The van der Waals surface area contributed by atoms with Gasteiger partial charge in [0.25, 0.3) is 0 Å². The normalized spacial score (nSPS) is 10.8. The van der Waals surface area contributed by atoms with E-state index in [0.29, 0.717) is 12.0 Å². The minimum absolute atomic E-state index is 0. The van der Waals surface area contributed by atoms with Crippen LogP contribution in [0, 0.1) is 0 Å². The maximum Gasteiger partial charge on any atom is 0.416 e. The Kier molecular flexibility index (Phi) is 15.7. The van der Waals surface area contributed by atoms with Crippen LogP contribution in [0.2, 0.25) is 0 Å². The third kappa shape index (κ3) is 13.9. The van der Waals surface area contributed by atoms with E-state index < -0.39 is 36.0 Å². The van der Waals surface area contributed by atoms with Gasteiger partial charge in [-0.3, -0.25) is 0 Å². The molecule has 216 valence electrons. The lowest BCUT2D eigenvalue weighted by Gasteiger charge is -2.13. The fraction of sp³-hybridized carbons (Fsp3) is 0.333. The number of imide groups is 2. The average Bonchev–Trinajstić information content (AvgIpc) is 2.85. The molecule has 1 unspecified atom stereocenters. The van der Waals surface area contributed by atoms with Crippen LogP contribution in [-0.2, 0) is 22.1 Å². The van der Waals surface area contributed by atoms with E-state index >= 15 is 0 Å². The molecule has 0 aliphatic carbocycles. The summed E-state index contributed by atoms with van der Waals surface area (Å²) in [7, 11) is 2.21. The molecule has 0 saturated carbocycles. The quantitative estimate of drug-likeness (QED) is 0.320. The first kappa shape index (κ1) is 35.0. The number of amides is 6. The van der Waals surface area contributed by atoms with Crippen LogP contribution in [0.5, 0.6) is 0 Å². The van der Waals surface area contributed by atoms with Gasteiger partial charge in [-0.25, -0.2) is 29.8 Å². The fourth-order valence-electron chi connectivity index (χ4n) is 2.94. The van der Waals surface area contributed by atoms with E-state index in [4.69, 9.17) is 0 Å². The number of methoxy groups -OCH3 is 2. The molecule has 0 aliphatic heterocycles. The number of hydrogen-bond acceptors (Lipinski definition) is 7. The highest BCUT2D eigenvalue weighted by Gasteiger charge is 2.30. The number of carbonyl (C=O) groups is 4. The number of likely N-dealkylation sites (N-methyl/N-ethyl adjacent to an activating group) is 1. The zero-order valence-corrected chi connectivity index (χ0v) is 22.4. The zero-order chi connectivity index (χ0) is 28.7. The lowest BCUT2D eigenvalue weighted by molar-refractivity contribution is -0.137. The number of para-hydroxylation sites is 2. The number of urea groups is 2. The van der Waals surface area contributed by atoms with Gasteiger partial charge in [0.1, 0.15) is 0 Å². The topological polar surface area (TPSA) is 147 Å². The van der Waals surface area contributed by atoms with E-state index in [2.05, 4.69) is 25.4 Å². The van der Waals surface area contributed by atoms with Gasteiger partial charge in [-0.15, -0.1) is 12.4 Å². The second-order valence-electron chi connectivity index (χ2n) is 7.55. The van der Waals surface area contributed by atoms with Crippen LogP contribution in [0.15, 0.2) is 48.5 Å². The summed E-state index contributed by atoms with van der Waals surface area (Å²) < 4.78 is 45.8. The van der Waals surface area contributed by atoms with Crippen molar-refractivity contribution in [2.24, 2.45) is 0 Å². The van der Waals surface area contributed by atoms with Gasteiger partial charge in [0.05, 0.1) is 31.2 Å². The molecule has 0 bridgehead atoms. The van der Waals surface area contributed by atoms with Gasteiger partial charge in [0.2, 0.25) is 0 Å². The maximum absolute atomic E-state index is 12.4. The summed E-state index contributed by atoms with van der Waals surface area (Å²) in [5.41, 5.74) is 0.532. The second-order valence-corrected chi connectivity index (χ2v) is 7.55. The number of alkyl carbamates (subject to hydrolysis) is 2. The SMILES string of the molecule is CCNC(C)Cc1cccc(C(F)(F)F)c1.COC(=O)NC(=O)Nc1ccccc1NC(=O)NC(=O)OC.Cl. The first-order chi connectivity index (χ1) is 17.9. The molecule has 0 radical (unpaired) electrons. The van der Waals surface area contributed by atoms with Crippen molar-refractivity contribution in [2.45, 2.75) is 32.5 Å². The van der Waals surface area contributed by atoms with Crippen LogP contribution in [0.3, 0.4) is 0 Å². The lowest BCUT2D eigenvalue weighted by Crippen LogP contribution is -2.36. The van der Waals surface area contributed by atoms with Gasteiger partial charge in [0.15, 0.2) is 0 Å². The number of benzene rings is 2. The van der Waals surface area contributed by atoms with Crippen molar-refractivity contribution in [2.75, 3.05) is 31.4 Å². The Morgan fingerprint density at radius 3 is 1.74 bits per heavy atom. The number of anilines is 2. The minimum Gasteiger partial charge on any atom is -0.453 e. The van der Waals surface area contributed by atoms with Gasteiger partial charge in [-0.2, -0.15) is 13.2 Å². The average molecular weight is 578 g/mol. The summed E-state index contributed by atoms with van der Waals surface area (Å²) in [6, 6.07) is 10.1. The van der Waals surface area contributed by atoms with Crippen LogP contribution in [0.25, 0.3) is 0 Å². The standard InChI is InChI=1S/C12H16F3N.C12H14N4O6.ClH/c1-3-16-9(2)7-10-5-4-6-11(8-10)12(13,14)15;1-21-11(19)15-9(17)13-7-5-3-4-6-8(7)14-10(18)16-12(20)22-2;/h4-6,8-9,16H,3,7H2,1-2H3;3-6H,1-2H3,(H2,13,15,17,19)(H2,14,16,18,20);1H. The van der Waals surface area contributed by atoms with Gasteiger partial charge in [0, 0.05) is 6.04 Å². The molecule has 5 N–H and O–H groups in total. The highest BCUT2D eigenvalue weighted by Crippen LogP contribution is 2.29. The Bertz CT molecular complexity index is 1050. The first-order valence-electron chi connectivity index (χ1n) is 11.2. The van der Waals surface area contributed by atoms with E-state index in [1.807, 2.05) is 24.5 Å². The second kappa shape index (κ2) is 17.5. The zero-order valence-electron chi connectivity index (χ0n) is 21.6. The molecule has 0 spiro atoms. The molecule has 0 aliphatic rings. The summed E-state index contributed by atoms with van der Waals surface area (Å²) >= 11 is 0. The molecule has 0 heterocycles. The Labute approximate surface area is 229 Å². The molecule has 6 amide bonds. The minimum atomic E-state index is -4.25. The predicted molar refractivity (Wildman–Crippen MR) is 141 cm³/mol. The number of alkyl halides is 3. The van der Waals surface area contributed by atoms with Crippen molar-refractivity contribution in [3.63, 3.8) is 0 Å². The van der Waals surface area contributed by atoms with Crippen LogP contribution in [0.1, 0.15) is 25.0 Å². The van der Waals surface area contributed by atoms with E-state index in [1.165, 1.54) is 24.3 Å². The van der Waals surface area contributed by atoms with Crippen LogP contribution in [0.4, 0.5) is 43.7 Å². The Morgan fingerprint density at radius 2 is 1.33 bits per heavy atom. The van der Waals surface area contributed by atoms with Crippen molar-refractivity contribution in [1.29, 1.82) is 0 Å². The number of carbonyl (C=O) groups excluding carboxylic acids is 4. The molecule has 2 rings (SSSR count). The number of nitrogens with one attached hydrogen (secondary N) is 5. The summed E-state index contributed by atoms with van der Waals surface area (Å²) in [5, 5.41) is 11.6. The molecule has 0 fully saturated rings. The molecule has 0 saturated heterocycles. The molecule has 15 heteroatoms. The molecular formula is C24H31ClF3N5O6. The predicted octanol–water partition coefficient (Wildman–Crippen LogP) is 5.13. The van der Waals surface area contributed by atoms with Crippen molar-refractivity contribution >= 4 is 48.0 Å². The van der Waals surface area contributed by atoms with E-state index in [1.54, 1.807) is 18.2 Å². The van der Waals surface area contributed by atoms with Crippen molar-refractivity contribution < 1.29 is 41.8 Å². The molecule has 2 aromatic carbocycles. The Morgan fingerprint density at radius 1 is 0.846 bits per heavy atom. The van der Waals surface area contributed by atoms with Crippen LogP contribution >= 0.6 is 12.4 Å². The maximum atomic E-state index is 12.4. The highest BCUT2D eigenvalue weighted by molar-refractivity contribution is 6.04. The van der Waals surface area contributed by atoms with Crippen molar-refractivity contribution in [3.8, 4) is 0 Å². The van der Waals surface area contributed by atoms with E-state index in [9.17, 15) is 32.3 Å². The van der Waals surface area contributed by atoms with Gasteiger partial charge in [-0.05, 0) is 43.7 Å². The van der Waals surface area contributed by atoms with Crippen LogP contribution in [-0.4, -0.2) is 51.1 Å². The molecule has 1 atom stereocenters. The smallest absolute Gasteiger partial charge is 0.416 e. The third-order valence-corrected chi connectivity index (χ3v) is 4.57. The van der Waals surface area contributed by atoms with Crippen LogP contribution < -0.4 is 26.6 Å². The monoisotopic (exact) mass is 577 g/mol. The summed E-state index contributed by atoms with van der Waals surface area (Å²) in [6.07, 6.45) is -5.52. The van der Waals surface area contributed by atoms with Crippen molar-refractivity contribution in [1.82, 2.24) is 16.0 Å².